The molecular formula is C12H13F3O3S. The van der Waals surface area contributed by atoms with Gasteiger partial charge in [-0.25, -0.2) is 0 Å². The Morgan fingerprint density at radius 2 is 1.95 bits per heavy atom. The molecule has 0 radical (unpaired) electrons. The van der Waals surface area contributed by atoms with Gasteiger partial charge in [0.25, 0.3) is 0 Å². The first kappa shape index (κ1) is 15.8. The standard InChI is InChI=1S/C12H13F3O3S/c1-2-9(16)18-11(10(17)12(13,14)15)19-8-6-4-3-5-7-8/h3-7,10-11,17H,2H2,1H3. The van der Waals surface area contributed by atoms with E-state index in [0.717, 1.165) is 0 Å². The normalized spacial score (nSPS) is 14.8. The van der Waals surface area contributed by atoms with E-state index in [4.69, 9.17) is 0 Å². The van der Waals surface area contributed by atoms with E-state index in [0.29, 0.717) is 16.7 Å². The Hall–Kier alpha value is -1.21. The fourth-order valence-electron chi connectivity index (χ4n) is 1.15. The van der Waals surface area contributed by atoms with Crippen molar-refractivity contribution in [3.63, 3.8) is 0 Å². The molecule has 0 spiro atoms. The van der Waals surface area contributed by atoms with Gasteiger partial charge in [0, 0.05) is 11.3 Å². The summed E-state index contributed by atoms with van der Waals surface area (Å²) in [4.78, 5) is 11.6. The fourth-order valence-corrected chi connectivity index (χ4v) is 2.17. The molecule has 1 rings (SSSR count). The molecular weight excluding hydrogens is 281 g/mol. The summed E-state index contributed by atoms with van der Waals surface area (Å²) in [7, 11) is 0. The van der Waals surface area contributed by atoms with Crippen molar-refractivity contribution >= 4 is 17.7 Å². The number of carbonyl (C=O) groups excluding carboxylic acids is 1. The van der Waals surface area contributed by atoms with E-state index >= 15 is 0 Å². The van der Waals surface area contributed by atoms with E-state index in [2.05, 4.69) is 4.74 Å². The van der Waals surface area contributed by atoms with Crippen LogP contribution in [-0.2, 0) is 9.53 Å². The Bertz CT molecular complexity index is 408. The van der Waals surface area contributed by atoms with E-state index in [9.17, 15) is 23.1 Å². The highest BCUT2D eigenvalue weighted by Gasteiger charge is 2.46. The van der Waals surface area contributed by atoms with Crippen LogP contribution in [0.2, 0.25) is 0 Å². The Morgan fingerprint density at radius 1 is 1.37 bits per heavy atom. The minimum absolute atomic E-state index is 0.0591. The van der Waals surface area contributed by atoms with Gasteiger partial charge in [0.05, 0.1) is 0 Å². The Morgan fingerprint density at radius 3 is 2.42 bits per heavy atom. The molecule has 0 bridgehead atoms. The maximum absolute atomic E-state index is 12.5. The summed E-state index contributed by atoms with van der Waals surface area (Å²) in [5.74, 6) is -0.795. The molecule has 0 aromatic heterocycles. The molecule has 0 heterocycles. The summed E-state index contributed by atoms with van der Waals surface area (Å²) in [6.07, 6.45) is -7.63. The average molecular weight is 294 g/mol. The molecule has 0 aliphatic carbocycles. The van der Waals surface area contributed by atoms with Crippen molar-refractivity contribution in [3.05, 3.63) is 30.3 Å². The molecule has 0 saturated heterocycles. The lowest BCUT2D eigenvalue weighted by Gasteiger charge is -2.24. The largest absolute Gasteiger partial charge is 0.448 e. The number of rotatable bonds is 5. The topological polar surface area (TPSA) is 46.5 Å². The molecule has 7 heteroatoms. The lowest BCUT2D eigenvalue weighted by atomic mass is 10.3. The van der Waals surface area contributed by atoms with Crippen molar-refractivity contribution in [2.24, 2.45) is 0 Å². The van der Waals surface area contributed by atoms with Crippen LogP contribution in [0.3, 0.4) is 0 Å². The van der Waals surface area contributed by atoms with Crippen molar-refractivity contribution in [3.8, 4) is 0 Å². The molecule has 1 N–H and O–H groups in total. The Kier molecular flexibility index (Phi) is 5.68. The zero-order valence-corrected chi connectivity index (χ0v) is 10.9. The van der Waals surface area contributed by atoms with Crippen LogP contribution in [-0.4, -0.2) is 28.8 Å². The molecule has 106 valence electrons. The zero-order chi connectivity index (χ0) is 14.5. The number of hydrogen-bond acceptors (Lipinski definition) is 4. The number of carbonyl (C=O) groups is 1. The van der Waals surface area contributed by atoms with Crippen LogP contribution in [0.25, 0.3) is 0 Å². The summed E-state index contributed by atoms with van der Waals surface area (Å²) < 4.78 is 42.2. The van der Waals surface area contributed by atoms with E-state index in [1.54, 1.807) is 30.3 Å². The Labute approximate surface area is 112 Å². The summed E-state index contributed by atoms with van der Waals surface area (Å²) in [5.41, 5.74) is -1.71. The molecule has 19 heavy (non-hydrogen) atoms. The molecule has 0 fully saturated rings. The molecule has 2 atom stereocenters. The number of esters is 1. The van der Waals surface area contributed by atoms with Crippen LogP contribution in [0.5, 0.6) is 0 Å². The van der Waals surface area contributed by atoms with Gasteiger partial charge in [-0.3, -0.25) is 4.79 Å². The fraction of sp³-hybridized carbons (Fsp3) is 0.417. The lowest BCUT2D eigenvalue weighted by Crippen LogP contribution is -2.40. The lowest BCUT2D eigenvalue weighted by molar-refractivity contribution is -0.222. The zero-order valence-electron chi connectivity index (χ0n) is 10.1. The second-order valence-electron chi connectivity index (χ2n) is 3.63. The predicted molar refractivity (Wildman–Crippen MR) is 64.5 cm³/mol. The number of thioether (sulfide) groups is 1. The third-order valence-corrected chi connectivity index (χ3v) is 3.26. The van der Waals surface area contributed by atoms with Gasteiger partial charge in [-0.2, -0.15) is 13.2 Å². The van der Waals surface area contributed by atoms with Gasteiger partial charge in [-0.15, -0.1) is 0 Å². The van der Waals surface area contributed by atoms with Crippen molar-refractivity contribution in [1.29, 1.82) is 0 Å². The second-order valence-corrected chi connectivity index (χ2v) is 4.80. The SMILES string of the molecule is CCC(=O)OC(Sc1ccccc1)C(O)C(F)(F)F. The van der Waals surface area contributed by atoms with Crippen molar-refractivity contribution in [1.82, 2.24) is 0 Å². The molecule has 0 saturated carbocycles. The van der Waals surface area contributed by atoms with Crippen LogP contribution in [0, 0.1) is 0 Å². The van der Waals surface area contributed by atoms with E-state index < -0.39 is 23.7 Å². The van der Waals surface area contributed by atoms with Crippen LogP contribution < -0.4 is 0 Å². The first-order valence-electron chi connectivity index (χ1n) is 5.50. The summed E-state index contributed by atoms with van der Waals surface area (Å²) >= 11 is 0.654. The minimum atomic E-state index is -4.85. The number of aliphatic hydroxyl groups excluding tert-OH is 1. The maximum atomic E-state index is 12.5. The van der Waals surface area contributed by atoms with E-state index in [1.165, 1.54) is 6.92 Å². The van der Waals surface area contributed by atoms with Gasteiger partial charge in [0.15, 0.2) is 11.5 Å². The predicted octanol–water partition coefficient (Wildman–Crippen LogP) is 2.98. The molecule has 1 aromatic carbocycles. The highest BCUT2D eigenvalue weighted by Crippen LogP contribution is 2.33. The second kappa shape index (κ2) is 6.81. The first-order chi connectivity index (χ1) is 8.84. The third kappa shape index (κ3) is 5.12. The Balaban J connectivity index is 2.83. The maximum Gasteiger partial charge on any atom is 0.418 e. The smallest absolute Gasteiger partial charge is 0.418 e. The summed E-state index contributed by atoms with van der Waals surface area (Å²) in [6.45, 7) is 1.46. The van der Waals surface area contributed by atoms with Gasteiger partial charge in [0.2, 0.25) is 0 Å². The van der Waals surface area contributed by atoms with Crippen LogP contribution in [0.1, 0.15) is 13.3 Å². The number of halogens is 3. The third-order valence-electron chi connectivity index (χ3n) is 2.12. The molecule has 0 amide bonds. The quantitative estimate of drug-likeness (QED) is 0.515. The van der Waals surface area contributed by atoms with Crippen molar-refractivity contribution in [2.75, 3.05) is 0 Å². The molecule has 0 aliphatic heterocycles. The van der Waals surface area contributed by atoms with Gasteiger partial charge in [0.1, 0.15) is 0 Å². The van der Waals surface area contributed by atoms with Crippen LogP contribution in [0.4, 0.5) is 13.2 Å². The number of ether oxygens (including phenoxy) is 1. The number of hydrogen-bond donors (Lipinski definition) is 1. The number of benzene rings is 1. The molecule has 2 unspecified atom stereocenters. The van der Waals surface area contributed by atoms with Crippen molar-refractivity contribution < 1.29 is 27.8 Å². The van der Waals surface area contributed by atoms with Gasteiger partial charge in [-0.1, -0.05) is 36.9 Å². The monoisotopic (exact) mass is 294 g/mol. The van der Waals surface area contributed by atoms with Crippen LogP contribution >= 0.6 is 11.8 Å². The van der Waals surface area contributed by atoms with Gasteiger partial charge in [-0.05, 0) is 12.1 Å². The minimum Gasteiger partial charge on any atom is -0.448 e. The first-order valence-corrected chi connectivity index (χ1v) is 6.38. The molecule has 1 aromatic rings. The molecule has 3 nitrogen and oxygen atoms in total. The average Bonchev–Trinajstić information content (AvgIpc) is 2.37. The van der Waals surface area contributed by atoms with Gasteiger partial charge >= 0.3 is 12.1 Å². The van der Waals surface area contributed by atoms with Gasteiger partial charge < -0.3 is 9.84 Å². The highest BCUT2D eigenvalue weighted by molar-refractivity contribution is 7.99. The van der Waals surface area contributed by atoms with E-state index in [-0.39, 0.29) is 6.42 Å². The summed E-state index contributed by atoms with van der Waals surface area (Å²) in [6, 6.07) is 8.13. The van der Waals surface area contributed by atoms with E-state index in [1.807, 2.05) is 0 Å². The summed E-state index contributed by atoms with van der Waals surface area (Å²) in [5, 5.41) is 9.23. The molecule has 0 aliphatic rings. The number of aliphatic hydroxyl groups is 1. The number of alkyl halides is 3. The van der Waals surface area contributed by atoms with Crippen LogP contribution in [0.15, 0.2) is 35.2 Å². The highest BCUT2D eigenvalue weighted by atomic mass is 32.2. The van der Waals surface area contributed by atoms with Crippen molar-refractivity contribution in [2.45, 2.75) is 36.0 Å².